The third kappa shape index (κ3) is 26.4. The molecule has 0 saturated carbocycles. The van der Waals surface area contributed by atoms with Crippen molar-refractivity contribution in [2.24, 2.45) is 40.1 Å². The Bertz CT molecular complexity index is 1640. The minimum absolute atomic E-state index is 0.0173. The molecule has 0 bridgehead atoms. The van der Waals surface area contributed by atoms with Gasteiger partial charge in [-0.3, -0.25) is 9.79 Å². The molecule has 75 heavy (non-hydrogen) atoms. The van der Waals surface area contributed by atoms with Crippen LogP contribution in [0.25, 0.3) is 0 Å². The first-order chi connectivity index (χ1) is 35.4. The Balaban J connectivity index is 2.31. The number of unbranched alkanes of at least 4 members (excludes halogenated alkanes) is 1. The maximum absolute atomic E-state index is 14.1. The van der Waals surface area contributed by atoms with Crippen LogP contribution in [0.3, 0.4) is 0 Å². The third-order valence-electron chi connectivity index (χ3n) is 15.3. The Morgan fingerprint density at radius 3 is 1.84 bits per heavy atom. The number of nitrogens with zero attached hydrogens (tertiary/aromatic N) is 1. The minimum atomic E-state index is -1.59. The van der Waals surface area contributed by atoms with Gasteiger partial charge in [-0.1, -0.05) is 64.7 Å². The lowest BCUT2D eigenvalue weighted by Gasteiger charge is -2.33. The molecule has 0 aromatic heterocycles. The van der Waals surface area contributed by atoms with Gasteiger partial charge >= 0.3 is 5.97 Å². The van der Waals surface area contributed by atoms with Crippen molar-refractivity contribution >= 4 is 11.9 Å². The topological polar surface area (TPSA) is 372 Å². The first-order valence-electron chi connectivity index (χ1n) is 28.1. The monoisotopic (exact) mass is 1080 g/mol. The van der Waals surface area contributed by atoms with E-state index in [0.717, 1.165) is 12.0 Å². The van der Waals surface area contributed by atoms with Crippen molar-refractivity contribution in [1.82, 2.24) is 0 Å². The second kappa shape index (κ2) is 36.7. The van der Waals surface area contributed by atoms with E-state index in [0.29, 0.717) is 108 Å². The molecule has 0 amide bonds. The molecule has 20 heteroatoms. The van der Waals surface area contributed by atoms with Crippen molar-refractivity contribution in [2.75, 3.05) is 13.2 Å². The molecule has 0 aromatic rings. The summed E-state index contributed by atoms with van der Waals surface area (Å²) < 4.78 is 17.6. The second-order valence-electron chi connectivity index (χ2n) is 22.2. The number of aliphatic imine (C=N–C) groups is 1. The number of nitrogens with two attached hydrogens (primary N) is 2. The molecule has 0 radical (unpaired) electrons. The number of rotatable bonds is 10. The highest BCUT2D eigenvalue weighted by molar-refractivity contribution is 5.75. The van der Waals surface area contributed by atoms with Crippen LogP contribution in [-0.2, 0) is 19.0 Å². The Labute approximate surface area is 446 Å². The predicted octanol–water partition coefficient (Wildman–Crippen LogP) is 2.25. The predicted molar refractivity (Wildman–Crippen MR) is 284 cm³/mol. The molecular formula is C55H103N3O17. The van der Waals surface area contributed by atoms with Gasteiger partial charge in [0.05, 0.1) is 73.6 Å². The van der Waals surface area contributed by atoms with E-state index in [1.54, 1.807) is 6.92 Å². The SMILES string of the molecule is CCCCC1C(=O)OC(CCCN=C(N)N)C(C)C(O)C(C)C=C(C)CCCCC(O)CC(O)CC(O)CC(O)CC(O)C(O[C@H]2O[C@H](CO)[C@@H](O)[C@@H]2O)C=C(C)C(O)CCCC(O)CCCC(O)CCC(C)C1O. The van der Waals surface area contributed by atoms with Crippen molar-refractivity contribution < 1.29 is 85.4 Å². The molecule has 17 N–H and O–H groups in total. The molecule has 0 spiro atoms. The van der Waals surface area contributed by atoms with Gasteiger partial charge in [-0.25, -0.2) is 0 Å². The van der Waals surface area contributed by atoms with Crippen molar-refractivity contribution in [2.45, 2.75) is 274 Å². The summed E-state index contributed by atoms with van der Waals surface area (Å²) >= 11 is 0. The Morgan fingerprint density at radius 2 is 1.24 bits per heavy atom. The molecule has 0 aliphatic carbocycles. The molecular weight excluding hydrogens is 975 g/mol. The number of esters is 1. The fourth-order valence-corrected chi connectivity index (χ4v) is 10.3. The number of carbonyl (C=O) groups excluding carboxylic acids is 1. The number of aliphatic hydroxyl groups is 13. The molecule has 440 valence electrons. The summed E-state index contributed by atoms with van der Waals surface area (Å²) in [6.07, 6.45) is -7.36. The van der Waals surface area contributed by atoms with Crippen LogP contribution < -0.4 is 11.5 Å². The summed E-state index contributed by atoms with van der Waals surface area (Å²) in [5.41, 5.74) is 12.5. The Morgan fingerprint density at radius 1 is 0.653 bits per heavy atom. The zero-order valence-corrected chi connectivity index (χ0v) is 46.0. The molecule has 20 nitrogen and oxygen atoms in total. The third-order valence-corrected chi connectivity index (χ3v) is 15.3. The summed E-state index contributed by atoms with van der Waals surface area (Å²) in [6.45, 7) is 10.8. The average molecular weight is 1080 g/mol. The van der Waals surface area contributed by atoms with Crippen LogP contribution in [0.1, 0.15) is 176 Å². The molecule has 1 fully saturated rings. The molecule has 16 unspecified atom stereocenters. The average Bonchev–Trinajstić information content (AvgIpc) is 3.61. The highest BCUT2D eigenvalue weighted by atomic mass is 16.7. The maximum Gasteiger partial charge on any atom is 0.311 e. The number of ether oxygens (including phenoxy) is 3. The van der Waals surface area contributed by atoms with Crippen LogP contribution in [-0.4, -0.2) is 189 Å². The Kier molecular flexibility index (Phi) is 33.7. The summed E-state index contributed by atoms with van der Waals surface area (Å²) in [5, 5.41) is 141. The standard InChI is InChI=1S/C55H103N3O17/c1-7-8-19-43-50(69)33(3)22-23-38(61)17-11-16-37(60)18-12-20-44(66)34(4)26-47(74-54-52(71)51(70)48(31-59)75-54)45(67)30-42(65)29-41(64)28-40(63)27-39(62)15-10-9-14-32(2)25-35(5)49(68)36(6)46(73-53(43)72)21-13-24-58-55(56)57/h25-26,33,35-52,54,59-71H,7-24,27-31H2,1-6H3,(H4,56,57,58)/t33?,35?,36?,37?,38?,39?,40?,41?,42?,43?,44?,45?,46?,47?,48-,49?,50?,51-,52+,54+/m1/s1. The largest absolute Gasteiger partial charge is 0.462 e. The molecule has 1 saturated heterocycles. The van der Waals surface area contributed by atoms with Gasteiger partial charge in [0.2, 0.25) is 0 Å². The maximum atomic E-state index is 14.1. The van der Waals surface area contributed by atoms with Crippen LogP contribution >= 0.6 is 0 Å². The fraction of sp³-hybridized carbons (Fsp3) is 0.891. The lowest BCUT2D eigenvalue weighted by molar-refractivity contribution is -0.202. The number of cyclic esters (lactones) is 1. The smallest absolute Gasteiger partial charge is 0.311 e. The van der Waals surface area contributed by atoms with Crippen LogP contribution in [0.5, 0.6) is 0 Å². The number of carbonyl (C=O) groups is 1. The van der Waals surface area contributed by atoms with Crippen LogP contribution in [0.2, 0.25) is 0 Å². The molecule has 2 rings (SSSR count). The minimum Gasteiger partial charge on any atom is -0.462 e. The lowest BCUT2D eigenvalue weighted by Crippen LogP contribution is -2.41. The molecule has 2 aliphatic heterocycles. The quantitative estimate of drug-likeness (QED) is 0.0490. The van der Waals surface area contributed by atoms with Gasteiger partial charge < -0.3 is 92.1 Å². The van der Waals surface area contributed by atoms with Crippen molar-refractivity contribution in [3.8, 4) is 0 Å². The molecule has 0 aromatic carbocycles. The summed E-state index contributed by atoms with van der Waals surface area (Å²) in [6, 6.07) is 0. The van der Waals surface area contributed by atoms with Gasteiger partial charge in [0, 0.05) is 24.8 Å². The first-order valence-corrected chi connectivity index (χ1v) is 28.1. The van der Waals surface area contributed by atoms with Gasteiger partial charge in [-0.2, -0.15) is 0 Å². The van der Waals surface area contributed by atoms with Crippen molar-refractivity contribution in [1.29, 1.82) is 0 Å². The summed E-state index contributed by atoms with van der Waals surface area (Å²) in [5.74, 6) is -2.63. The van der Waals surface area contributed by atoms with E-state index in [1.807, 2.05) is 40.7 Å². The zero-order valence-electron chi connectivity index (χ0n) is 46.0. The van der Waals surface area contributed by atoms with Gasteiger partial charge in [0.1, 0.15) is 30.5 Å². The summed E-state index contributed by atoms with van der Waals surface area (Å²) in [4.78, 5) is 18.2. The van der Waals surface area contributed by atoms with Crippen LogP contribution in [0.15, 0.2) is 28.3 Å². The van der Waals surface area contributed by atoms with E-state index in [-0.39, 0.29) is 49.9 Å². The number of allylic oxidation sites excluding steroid dienone is 1. The van der Waals surface area contributed by atoms with E-state index in [1.165, 1.54) is 6.08 Å². The summed E-state index contributed by atoms with van der Waals surface area (Å²) in [7, 11) is 0. The van der Waals surface area contributed by atoms with E-state index in [4.69, 9.17) is 25.7 Å². The Hall–Kier alpha value is -2.38. The number of guanidine groups is 1. The van der Waals surface area contributed by atoms with E-state index in [2.05, 4.69) is 4.99 Å². The molecule has 2 aliphatic rings. The van der Waals surface area contributed by atoms with Gasteiger partial charge in [0.15, 0.2) is 12.2 Å². The van der Waals surface area contributed by atoms with Gasteiger partial charge in [-0.15, -0.1) is 0 Å². The van der Waals surface area contributed by atoms with Crippen molar-refractivity contribution in [3.05, 3.63) is 23.3 Å². The second-order valence-corrected chi connectivity index (χ2v) is 22.2. The van der Waals surface area contributed by atoms with E-state index >= 15 is 0 Å². The zero-order chi connectivity index (χ0) is 56.4. The van der Waals surface area contributed by atoms with Crippen LogP contribution in [0.4, 0.5) is 0 Å². The number of hydrogen-bond acceptors (Lipinski definition) is 18. The van der Waals surface area contributed by atoms with Gasteiger partial charge in [0.25, 0.3) is 0 Å². The number of aliphatic hydroxyl groups excluding tert-OH is 13. The molecule has 2 heterocycles. The highest BCUT2D eigenvalue weighted by Gasteiger charge is 2.45. The number of hydrogen-bond donors (Lipinski definition) is 15. The fourth-order valence-electron chi connectivity index (χ4n) is 10.3. The van der Waals surface area contributed by atoms with E-state index in [9.17, 15) is 71.2 Å². The molecule has 20 atom stereocenters. The first kappa shape index (κ1) is 68.7. The highest BCUT2D eigenvalue weighted by Crippen LogP contribution is 2.31. The van der Waals surface area contributed by atoms with Crippen LogP contribution in [0, 0.1) is 23.7 Å². The van der Waals surface area contributed by atoms with Gasteiger partial charge in [-0.05, 0) is 134 Å². The van der Waals surface area contributed by atoms with Crippen molar-refractivity contribution in [3.63, 3.8) is 0 Å². The van der Waals surface area contributed by atoms with E-state index < -0.39 is 122 Å². The lowest BCUT2D eigenvalue weighted by atomic mass is 9.84. The normalized spacial score (nSPS) is 38.8.